The van der Waals surface area contributed by atoms with Gasteiger partial charge < -0.3 is 32.7 Å². The summed E-state index contributed by atoms with van der Waals surface area (Å²) in [6.07, 6.45) is 1.21. The number of nitrogens with zero attached hydrogens (tertiary/aromatic N) is 2. The first-order valence-corrected chi connectivity index (χ1v) is 13.7. The first-order valence-electron chi connectivity index (χ1n) is 13.7. The number of hydrogen-bond acceptors (Lipinski definition) is 5. The number of carbonyl (C=O) groups excluding carboxylic acids is 3. The molecule has 3 rings (SSSR count). The lowest BCUT2D eigenvalue weighted by atomic mass is 9.90. The summed E-state index contributed by atoms with van der Waals surface area (Å²) in [5.41, 5.74) is 14.0. The number of nitrogens with two attached hydrogens (primary N) is 2. The third-order valence-electron chi connectivity index (χ3n) is 6.53. The minimum atomic E-state index is -0.906. The Balaban J connectivity index is 1.70. The van der Waals surface area contributed by atoms with Crippen LogP contribution in [0.3, 0.4) is 0 Å². The number of nitro groups is 1. The molecule has 0 bridgehead atoms. The van der Waals surface area contributed by atoms with Gasteiger partial charge in [0.15, 0.2) is 5.03 Å². The molecule has 13 heteroatoms. The normalized spacial score (nSPS) is 11.8. The molecular formula is C30H36N8O5. The van der Waals surface area contributed by atoms with Crippen molar-refractivity contribution < 1.29 is 19.4 Å². The van der Waals surface area contributed by atoms with E-state index in [0.717, 1.165) is 22.3 Å². The summed E-state index contributed by atoms with van der Waals surface area (Å²) < 4.78 is 0. The van der Waals surface area contributed by atoms with E-state index < -0.39 is 23.0 Å². The van der Waals surface area contributed by atoms with Crippen LogP contribution < -0.4 is 32.7 Å². The molecule has 0 fully saturated rings. The van der Waals surface area contributed by atoms with Crippen molar-refractivity contribution in [2.24, 2.45) is 16.6 Å². The minimum absolute atomic E-state index is 0.204. The smallest absolute Gasteiger partial charge is 0.312 e. The summed E-state index contributed by atoms with van der Waals surface area (Å²) in [7, 11) is 0. The lowest BCUT2D eigenvalue weighted by molar-refractivity contribution is -0.485. The van der Waals surface area contributed by atoms with Gasteiger partial charge in [0.1, 0.15) is 11.1 Å². The van der Waals surface area contributed by atoms with E-state index in [1.54, 1.807) is 0 Å². The zero-order chi connectivity index (χ0) is 31.0. The third-order valence-corrected chi connectivity index (χ3v) is 6.53. The van der Waals surface area contributed by atoms with E-state index in [-0.39, 0.29) is 37.3 Å². The number of hydrazone groups is 1. The highest BCUT2D eigenvalue weighted by Crippen LogP contribution is 2.25. The Morgan fingerprint density at radius 2 is 1.35 bits per heavy atom. The number of rotatable bonds is 15. The number of guanidine groups is 1. The van der Waals surface area contributed by atoms with Gasteiger partial charge >= 0.3 is 6.03 Å². The predicted octanol–water partition coefficient (Wildman–Crippen LogP) is 1.71. The number of amides is 4. The monoisotopic (exact) mass is 588 g/mol. The van der Waals surface area contributed by atoms with Crippen molar-refractivity contribution in [2.45, 2.75) is 37.8 Å². The molecule has 0 radical (unpaired) electrons. The molecule has 13 nitrogen and oxygen atoms in total. The van der Waals surface area contributed by atoms with Crippen molar-refractivity contribution >= 4 is 23.8 Å². The van der Waals surface area contributed by atoms with Crippen LogP contribution in [0.25, 0.3) is 0 Å². The maximum Gasteiger partial charge on any atom is 0.312 e. The van der Waals surface area contributed by atoms with E-state index in [9.17, 15) is 24.5 Å². The number of benzene rings is 3. The second-order valence-electron chi connectivity index (χ2n) is 9.68. The molecular weight excluding hydrogens is 552 g/mol. The zero-order valence-corrected chi connectivity index (χ0v) is 23.6. The molecule has 0 saturated heterocycles. The lowest BCUT2D eigenvalue weighted by Gasteiger charge is -2.23. The van der Waals surface area contributed by atoms with Gasteiger partial charge in [-0.15, -0.1) is 0 Å². The molecule has 0 heterocycles. The zero-order valence-electron chi connectivity index (χ0n) is 23.6. The van der Waals surface area contributed by atoms with Crippen molar-refractivity contribution in [3.63, 3.8) is 0 Å². The minimum Gasteiger partial charge on any atom is -0.365 e. The number of carbonyl (C=O) groups is 3. The quantitative estimate of drug-likeness (QED) is 0.0509. The van der Waals surface area contributed by atoms with Crippen molar-refractivity contribution in [3.05, 3.63) is 117 Å². The van der Waals surface area contributed by atoms with Gasteiger partial charge in [-0.3, -0.25) is 9.59 Å². The molecule has 1 atom stereocenters. The van der Waals surface area contributed by atoms with Crippen molar-refractivity contribution in [2.75, 3.05) is 13.1 Å². The third kappa shape index (κ3) is 11.1. The number of primary amides is 1. The molecule has 8 N–H and O–H groups in total. The molecule has 0 saturated carbocycles. The Hall–Kier alpha value is -5.46. The van der Waals surface area contributed by atoms with Crippen molar-refractivity contribution in [1.82, 2.24) is 21.3 Å². The first-order chi connectivity index (χ1) is 20.7. The summed E-state index contributed by atoms with van der Waals surface area (Å²) in [4.78, 5) is 48.4. The lowest BCUT2D eigenvalue weighted by Crippen LogP contribution is -2.48. The number of urea groups is 1. The van der Waals surface area contributed by atoms with Gasteiger partial charge in [0.2, 0.25) is 11.8 Å². The molecule has 0 spiro atoms. The molecule has 0 aromatic heterocycles. The van der Waals surface area contributed by atoms with Gasteiger partial charge in [-0.2, -0.15) is 0 Å². The largest absolute Gasteiger partial charge is 0.365 e. The van der Waals surface area contributed by atoms with E-state index in [1.807, 2.05) is 84.9 Å². The van der Waals surface area contributed by atoms with Crippen LogP contribution in [0.4, 0.5) is 4.79 Å². The number of nitrogens with one attached hydrogen (secondary N) is 4. The molecule has 0 aliphatic carbocycles. The Morgan fingerprint density at radius 3 is 1.91 bits per heavy atom. The maximum atomic E-state index is 13.7. The topological polar surface area (TPSA) is 207 Å². The summed E-state index contributed by atoms with van der Waals surface area (Å²) in [5, 5.41) is 23.6. The molecule has 0 aliphatic heterocycles. The van der Waals surface area contributed by atoms with E-state index in [0.29, 0.717) is 19.4 Å². The molecule has 226 valence electrons. The second kappa shape index (κ2) is 16.7. The highest BCUT2D eigenvalue weighted by molar-refractivity contribution is 5.92. The summed E-state index contributed by atoms with van der Waals surface area (Å²) >= 11 is 0. The molecule has 3 aromatic rings. The van der Waals surface area contributed by atoms with Gasteiger partial charge in [-0.25, -0.2) is 14.9 Å². The Morgan fingerprint density at radius 1 is 0.767 bits per heavy atom. The first kappa shape index (κ1) is 32.1. The maximum absolute atomic E-state index is 13.7. The highest BCUT2D eigenvalue weighted by atomic mass is 16.7. The second-order valence-corrected chi connectivity index (χ2v) is 9.68. The van der Waals surface area contributed by atoms with E-state index in [4.69, 9.17) is 11.5 Å². The standard InChI is InChI=1S/C30H36N8O5/c31-29(37-38(42)43)33-18-7-12-25(27(39)35-20-22-15-13-21(14-16-22)17-19-34-30(32)41)36-28(40)26(23-8-3-1-4-9-23)24-10-5-2-6-11-24/h1-6,8-11,13-16,25-26H,7,12,17-20H2,(H,35,39)(H,36,40)(H3,31,33,37)(H3,32,34,41)/t25-/m1/s1. The van der Waals surface area contributed by atoms with Crippen LogP contribution >= 0.6 is 0 Å². The molecule has 0 aliphatic rings. The van der Waals surface area contributed by atoms with Crippen LogP contribution in [0, 0.1) is 10.1 Å². The Bertz CT molecular complexity index is 1350. The molecule has 4 amide bonds. The fourth-order valence-electron chi connectivity index (χ4n) is 4.42. The summed E-state index contributed by atoms with van der Waals surface area (Å²) in [6.45, 7) is 0.848. The van der Waals surface area contributed by atoms with Gasteiger partial charge in [0.05, 0.1) is 5.92 Å². The van der Waals surface area contributed by atoms with Crippen LogP contribution in [0.15, 0.2) is 90.0 Å². The molecule has 3 aromatic carbocycles. The fraction of sp³-hybridized carbons (Fsp3) is 0.267. The van der Waals surface area contributed by atoms with Crippen LogP contribution in [0.1, 0.15) is 41.0 Å². The predicted molar refractivity (Wildman–Crippen MR) is 162 cm³/mol. The van der Waals surface area contributed by atoms with Crippen molar-refractivity contribution in [1.29, 1.82) is 0 Å². The van der Waals surface area contributed by atoms with Gasteiger partial charge in [-0.1, -0.05) is 84.9 Å². The fourth-order valence-corrected chi connectivity index (χ4v) is 4.42. The summed E-state index contributed by atoms with van der Waals surface area (Å²) in [6, 6.07) is 24.7. The SMILES string of the molecule is NC(=O)NCCc1ccc(CNC(=O)[C@@H](CCCNC(N)=N[N+](=O)[O-])NC(=O)C(c2ccccc2)c2ccccc2)cc1. The average molecular weight is 589 g/mol. The van der Waals surface area contributed by atoms with Gasteiger partial charge in [0, 0.05) is 19.6 Å². The molecule has 0 unspecified atom stereocenters. The van der Waals surface area contributed by atoms with Gasteiger partial charge in [-0.05, 0) is 41.5 Å². The van der Waals surface area contributed by atoms with Crippen LogP contribution in [0.5, 0.6) is 0 Å². The Kier molecular flexibility index (Phi) is 12.5. The van der Waals surface area contributed by atoms with E-state index in [1.165, 1.54) is 0 Å². The van der Waals surface area contributed by atoms with E-state index in [2.05, 4.69) is 26.4 Å². The molecule has 43 heavy (non-hydrogen) atoms. The van der Waals surface area contributed by atoms with Gasteiger partial charge in [0.25, 0.3) is 5.96 Å². The number of hydrogen-bond donors (Lipinski definition) is 6. The Labute approximate surface area is 249 Å². The van der Waals surface area contributed by atoms with Crippen LogP contribution in [-0.4, -0.2) is 48.0 Å². The van der Waals surface area contributed by atoms with Crippen LogP contribution in [0.2, 0.25) is 0 Å². The highest BCUT2D eigenvalue weighted by Gasteiger charge is 2.27. The van der Waals surface area contributed by atoms with Crippen molar-refractivity contribution in [3.8, 4) is 0 Å². The van der Waals surface area contributed by atoms with Crippen LogP contribution in [-0.2, 0) is 22.6 Å². The summed E-state index contributed by atoms with van der Waals surface area (Å²) in [5.74, 6) is -1.71. The average Bonchev–Trinajstić information content (AvgIpc) is 2.99. The van der Waals surface area contributed by atoms with E-state index >= 15 is 0 Å².